The third-order valence-electron chi connectivity index (χ3n) is 6.37. The summed E-state index contributed by atoms with van der Waals surface area (Å²) >= 11 is 0. The zero-order chi connectivity index (χ0) is 18.9. The quantitative estimate of drug-likeness (QED) is 0.446. The molecule has 1 fully saturated rings. The van der Waals surface area contributed by atoms with Gasteiger partial charge >= 0.3 is 0 Å². The Morgan fingerprint density at radius 2 is 1.44 bits per heavy atom. The molecule has 1 aromatic carbocycles. The summed E-state index contributed by atoms with van der Waals surface area (Å²) in [7, 11) is 0. The van der Waals surface area contributed by atoms with E-state index < -0.39 is 0 Å². The predicted octanol–water partition coefficient (Wildman–Crippen LogP) is 7.03. The Morgan fingerprint density at radius 1 is 0.778 bits per heavy atom. The van der Waals surface area contributed by atoms with Crippen LogP contribution in [0.25, 0.3) is 11.4 Å². The summed E-state index contributed by atoms with van der Waals surface area (Å²) in [5.41, 5.74) is 3.83. The Morgan fingerprint density at radius 3 is 2.07 bits per heavy atom. The lowest BCUT2D eigenvalue weighted by Crippen LogP contribution is -2.14. The van der Waals surface area contributed by atoms with Crippen LogP contribution in [0, 0.1) is 11.8 Å². The molecule has 1 saturated carbocycles. The fraction of sp³-hybridized carbons (Fsp3) is 0.600. The lowest BCUT2D eigenvalue weighted by atomic mass is 9.78. The zero-order valence-corrected chi connectivity index (χ0v) is 17.3. The first-order valence-electron chi connectivity index (χ1n) is 11.2. The predicted molar refractivity (Wildman–Crippen MR) is 115 cm³/mol. The molecule has 1 aromatic heterocycles. The molecule has 1 aliphatic carbocycles. The van der Waals surface area contributed by atoms with E-state index in [-0.39, 0.29) is 0 Å². The first-order valence-corrected chi connectivity index (χ1v) is 11.2. The molecule has 0 radical (unpaired) electrons. The van der Waals surface area contributed by atoms with Crippen LogP contribution in [0.3, 0.4) is 0 Å². The summed E-state index contributed by atoms with van der Waals surface area (Å²) in [6.45, 7) is 4.58. The summed E-state index contributed by atoms with van der Waals surface area (Å²) in [6, 6.07) is 8.92. The highest BCUT2D eigenvalue weighted by Crippen LogP contribution is 2.33. The van der Waals surface area contributed by atoms with Gasteiger partial charge < -0.3 is 0 Å². The molecule has 0 unspecified atom stereocenters. The van der Waals surface area contributed by atoms with E-state index in [1.165, 1.54) is 75.3 Å². The van der Waals surface area contributed by atoms with Gasteiger partial charge in [0.1, 0.15) is 0 Å². The van der Waals surface area contributed by atoms with Crippen LogP contribution in [0.2, 0.25) is 0 Å². The molecule has 0 aliphatic heterocycles. The van der Waals surface area contributed by atoms with Crippen molar-refractivity contribution in [1.29, 1.82) is 0 Å². The number of unbranched alkanes of at least 4 members (excludes halogenated alkanes) is 2. The van der Waals surface area contributed by atoms with E-state index in [1.54, 1.807) is 0 Å². The van der Waals surface area contributed by atoms with Crippen molar-refractivity contribution in [3.63, 3.8) is 0 Å². The van der Waals surface area contributed by atoms with Gasteiger partial charge in [-0.25, -0.2) is 9.97 Å². The van der Waals surface area contributed by atoms with Crippen LogP contribution in [0.1, 0.15) is 82.8 Å². The van der Waals surface area contributed by atoms with Crippen LogP contribution in [0.15, 0.2) is 36.7 Å². The molecule has 27 heavy (non-hydrogen) atoms. The normalized spacial score (nSPS) is 19.9. The van der Waals surface area contributed by atoms with Crippen molar-refractivity contribution >= 4 is 0 Å². The minimum absolute atomic E-state index is 0.846. The monoisotopic (exact) mass is 364 g/mol. The molecular weight excluding hydrogens is 328 g/mol. The third kappa shape index (κ3) is 6.16. The number of hydrogen-bond donors (Lipinski definition) is 0. The Hall–Kier alpha value is -1.70. The van der Waals surface area contributed by atoms with Gasteiger partial charge in [0.2, 0.25) is 0 Å². The average molecular weight is 365 g/mol. The average Bonchev–Trinajstić information content (AvgIpc) is 2.74. The van der Waals surface area contributed by atoms with Crippen LogP contribution in [0.4, 0.5) is 0 Å². The number of rotatable bonds is 9. The highest BCUT2D eigenvalue weighted by atomic mass is 14.9. The molecule has 1 aliphatic rings. The van der Waals surface area contributed by atoms with Gasteiger partial charge in [0.15, 0.2) is 5.82 Å². The molecule has 2 aromatic rings. The van der Waals surface area contributed by atoms with Crippen LogP contribution in [-0.4, -0.2) is 9.97 Å². The molecule has 0 N–H and O–H groups in total. The minimum Gasteiger partial charge on any atom is -0.236 e. The number of benzene rings is 1. The van der Waals surface area contributed by atoms with Gasteiger partial charge in [0.05, 0.1) is 0 Å². The minimum atomic E-state index is 0.846. The Kier molecular flexibility index (Phi) is 7.86. The van der Waals surface area contributed by atoms with Gasteiger partial charge in [-0.3, -0.25) is 0 Å². The van der Waals surface area contributed by atoms with Crippen molar-refractivity contribution in [2.45, 2.75) is 84.5 Å². The van der Waals surface area contributed by atoms with E-state index in [4.69, 9.17) is 0 Å². The SMILES string of the molecule is CCCCCc1cnc(-c2ccc(CC[C@H]3CC[C@H](CC)CC3)cc2)nc1. The first-order chi connectivity index (χ1) is 13.3. The standard InChI is InChI=1S/C25H36N2/c1-3-5-6-7-23-18-26-25(27-19-23)24-16-14-22(15-17-24)13-12-21-10-8-20(4-2)9-11-21/h14-21H,3-13H2,1-2H3/t20-,21-. The molecule has 0 atom stereocenters. The maximum Gasteiger partial charge on any atom is 0.159 e. The van der Waals surface area contributed by atoms with E-state index in [0.717, 1.165) is 29.6 Å². The largest absolute Gasteiger partial charge is 0.236 e. The molecule has 2 heteroatoms. The van der Waals surface area contributed by atoms with E-state index >= 15 is 0 Å². The molecule has 1 heterocycles. The molecular formula is C25H36N2. The van der Waals surface area contributed by atoms with E-state index in [0.29, 0.717) is 0 Å². The maximum absolute atomic E-state index is 4.58. The van der Waals surface area contributed by atoms with Crippen molar-refractivity contribution in [3.05, 3.63) is 47.8 Å². The van der Waals surface area contributed by atoms with Gasteiger partial charge in [0, 0.05) is 18.0 Å². The van der Waals surface area contributed by atoms with Crippen molar-refractivity contribution in [2.24, 2.45) is 11.8 Å². The number of hydrogen-bond acceptors (Lipinski definition) is 2. The van der Waals surface area contributed by atoms with E-state index in [2.05, 4.69) is 48.1 Å². The van der Waals surface area contributed by atoms with Gasteiger partial charge in [-0.05, 0) is 48.6 Å². The number of aryl methyl sites for hydroxylation is 2. The van der Waals surface area contributed by atoms with Crippen molar-refractivity contribution in [1.82, 2.24) is 9.97 Å². The van der Waals surface area contributed by atoms with E-state index in [1.807, 2.05) is 12.4 Å². The highest BCUT2D eigenvalue weighted by molar-refractivity contribution is 5.55. The Labute approximate surface area is 165 Å². The first kappa shape index (κ1) is 20.0. The zero-order valence-electron chi connectivity index (χ0n) is 17.3. The Bertz CT molecular complexity index is 652. The summed E-state index contributed by atoms with van der Waals surface area (Å²) in [4.78, 5) is 9.16. The summed E-state index contributed by atoms with van der Waals surface area (Å²) < 4.78 is 0. The fourth-order valence-corrected chi connectivity index (χ4v) is 4.33. The van der Waals surface area contributed by atoms with Crippen molar-refractivity contribution in [2.75, 3.05) is 0 Å². The summed E-state index contributed by atoms with van der Waals surface area (Å²) in [5, 5.41) is 0. The lowest BCUT2D eigenvalue weighted by Gasteiger charge is -2.27. The van der Waals surface area contributed by atoms with Crippen LogP contribution >= 0.6 is 0 Å². The number of nitrogens with zero attached hydrogens (tertiary/aromatic N) is 2. The maximum atomic E-state index is 4.58. The fourth-order valence-electron chi connectivity index (χ4n) is 4.33. The molecule has 0 amide bonds. The van der Waals surface area contributed by atoms with Crippen molar-refractivity contribution in [3.8, 4) is 11.4 Å². The highest BCUT2D eigenvalue weighted by Gasteiger charge is 2.19. The second-order valence-corrected chi connectivity index (χ2v) is 8.40. The topological polar surface area (TPSA) is 25.8 Å². The van der Waals surface area contributed by atoms with Gasteiger partial charge in [-0.1, -0.05) is 83.1 Å². The number of aromatic nitrogens is 2. The second kappa shape index (κ2) is 10.6. The lowest BCUT2D eigenvalue weighted by molar-refractivity contribution is 0.259. The van der Waals surface area contributed by atoms with Gasteiger partial charge in [-0.15, -0.1) is 0 Å². The van der Waals surface area contributed by atoms with Crippen molar-refractivity contribution < 1.29 is 0 Å². The molecule has 0 bridgehead atoms. The van der Waals surface area contributed by atoms with Gasteiger partial charge in [-0.2, -0.15) is 0 Å². The molecule has 0 spiro atoms. The van der Waals surface area contributed by atoms with Crippen LogP contribution in [-0.2, 0) is 12.8 Å². The Balaban J connectivity index is 1.48. The molecule has 0 saturated heterocycles. The van der Waals surface area contributed by atoms with Crippen LogP contribution in [0.5, 0.6) is 0 Å². The molecule has 146 valence electrons. The third-order valence-corrected chi connectivity index (χ3v) is 6.37. The smallest absolute Gasteiger partial charge is 0.159 e. The van der Waals surface area contributed by atoms with Gasteiger partial charge in [0.25, 0.3) is 0 Å². The molecule has 2 nitrogen and oxygen atoms in total. The van der Waals surface area contributed by atoms with Crippen LogP contribution < -0.4 is 0 Å². The summed E-state index contributed by atoms with van der Waals surface area (Å²) in [6.07, 6.45) is 18.6. The molecule has 3 rings (SSSR count). The van der Waals surface area contributed by atoms with E-state index in [9.17, 15) is 0 Å². The second-order valence-electron chi connectivity index (χ2n) is 8.40. The summed E-state index contributed by atoms with van der Waals surface area (Å²) in [5.74, 6) is 2.79.